The Labute approximate surface area is 109 Å². The van der Waals surface area contributed by atoms with Gasteiger partial charge in [-0.25, -0.2) is 0 Å². The lowest BCUT2D eigenvalue weighted by Crippen LogP contribution is -2.46. The van der Waals surface area contributed by atoms with E-state index in [1.165, 1.54) is 0 Å². The highest BCUT2D eigenvalue weighted by Crippen LogP contribution is 2.07. The fourth-order valence-electron chi connectivity index (χ4n) is 1.51. The molecule has 1 amide bonds. The van der Waals surface area contributed by atoms with Gasteiger partial charge in [-0.1, -0.05) is 0 Å². The SMILES string of the molecule is COCC(C)OCC(O)CNC(C)(C)CC(N)=O. The van der Waals surface area contributed by atoms with E-state index < -0.39 is 11.6 Å². The summed E-state index contributed by atoms with van der Waals surface area (Å²) in [6.07, 6.45) is -0.458. The molecule has 6 heteroatoms. The number of primary amides is 1. The Morgan fingerprint density at radius 3 is 2.56 bits per heavy atom. The number of β-amino-alcohol motifs (C(OH)–C–C–N with tert-alkyl or cyclic N) is 1. The third kappa shape index (κ3) is 9.35. The Hall–Kier alpha value is -0.690. The molecule has 0 aromatic carbocycles. The number of carbonyl (C=O) groups excluding carboxylic acids is 1. The molecule has 2 unspecified atom stereocenters. The quantitative estimate of drug-likeness (QED) is 0.500. The molecule has 0 aliphatic rings. The van der Waals surface area contributed by atoms with Gasteiger partial charge in [-0.2, -0.15) is 0 Å². The number of carbonyl (C=O) groups is 1. The van der Waals surface area contributed by atoms with Crippen molar-refractivity contribution in [1.82, 2.24) is 5.32 Å². The van der Waals surface area contributed by atoms with Gasteiger partial charge in [-0.15, -0.1) is 0 Å². The van der Waals surface area contributed by atoms with Crippen LogP contribution in [0.25, 0.3) is 0 Å². The van der Waals surface area contributed by atoms with Crippen LogP contribution in [0.5, 0.6) is 0 Å². The number of methoxy groups -OCH3 is 1. The Morgan fingerprint density at radius 2 is 2.06 bits per heavy atom. The molecule has 108 valence electrons. The molecule has 0 bridgehead atoms. The second-order valence-electron chi connectivity index (χ2n) is 5.16. The maximum Gasteiger partial charge on any atom is 0.219 e. The molecule has 4 N–H and O–H groups in total. The Bertz CT molecular complexity index is 246. The normalized spacial score (nSPS) is 15.4. The van der Waals surface area contributed by atoms with Crippen molar-refractivity contribution in [3.8, 4) is 0 Å². The van der Waals surface area contributed by atoms with Crippen LogP contribution in [0.3, 0.4) is 0 Å². The van der Waals surface area contributed by atoms with Crippen molar-refractivity contribution in [2.75, 3.05) is 26.9 Å². The summed E-state index contributed by atoms with van der Waals surface area (Å²) in [7, 11) is 1.60. The van der Waals surface area contributed by atoms with Gasteiger partial charge in [0.15, 0.2) is 0 Å². The van der Waals surface area contributed by atoms with Gasteiger partial charge in [-0.3, -0.25) is 4.79 Å². The van der Waals surface area contributed by atoms with Crippen LogP contribution in [0.4, 0.5) is 0 Å². The van der Waals surface area contributed by atoms with Crippen LogP contribution >= 0.6 is 0 Å². The fourth-order valence-corrected chi connectivity index (χ4v) is 1.51. The van der Waals surface area contributed by atoms with E-state index in [9.17, 15) is 9.90 Å². The van der Waals surface area contributed by atoms with Crippen LogP contribution in [-0.4, -0.2) is 55.6 Å². The van der Waals surface area contributed by atoms with Gasteiger partial charge in [0, 0.05) is 25.6 Å². The highest BCUT2D eigenvalue weighted by atomic mass is 16.5. The van der Waals surface area contributed by atoms with E-state index in [1.807, 2.05) is 20.8 Å². The summed E-state index contributed by atoms with van der Waals surface area (Å²) >= 11 is 0. The lowest BCUT2D eigenvalue weighted by molar-refractivity contribution is -0.119. The van der Waals surface area contributed by atoms with Crippen molar-refractivity contribution in [3.05, 3.63) is 0 Å². The third-order valence-electron chi connectivity index (χ3n) is 2.41. The first kappa shape index (κ1) is 17.3. The lowest BCUT2D eigenvalue weighted by atomic mass is 10.0. The summed E-state index contributed by atoms with van der Waals surface area (Å²) in [5.74, 6) is -0.369. The molecule has 0 rings (SSSR count). The number of aliphatic hydroxyl groups is 1. The summed E-state index contributed by atoms with van der Waals surface area (Å²) in [4.78, 5) is 10.8. The number of amides is 1. The van der Waals surface area contributed by atoms with E-state index in [0.29, 0.717) is 13.2 Å². The number of hydrogen-bond acceptors (Lipinski definition) is 5. The minimum Gasteiger partial charge on any atom is -0.389 e. The molecule has 0 saturated heterocycles. The zero-order valence-corrected chi connectivity index (χ0v) is 11.7. The number of ether oxygens (including phenoxy) is 2. The molecule has 0 aliphatic heterocycles. The molecule has 0 heterocycles. The van der Waals surface area contributed by atoms with Gasteiger partial charge >= 0.3 is 0 Å². The van der Waals surface area contributed by atoms with Crippen LogP contribution in [0.2, 0.25) is 0 Å². The first-order valence-electron chi connectivity index (χ1n) is 6.09. The molecular formula is C12H26N2O4. The Kier molecular flexibility index (Phi) is 8.10. The van der Waals surface area contributed by atoms with E-state index in [4.69, 9.17) is 15.2 Å². The average Bonchev–Trinajstić information content (AvgIpc) is 2.22. The number of rotatable bonds is 10. The largest absolute Gasteiger partial charge is 0.389 e. The molecular weight excluding hydrogens is 236 g/mol. The summed E-state index contributed by atoms with van der Waals surface area (Å²) in [6, 6.07) is 0. The first-order valence-corrected chi connectivity index (χ1v) is 6.09. The van der Waals surface area contributed by atoms with Crippen molar-refractivity contribution in [3.63, 3.8) is 0 Å². The topological polar surface area (TPSA) is 93.8 Å². The van der Waals surface area contributed by atoms with Crippen molar-refractivity contribution < 1.29 is 19.4 Å². The molecule has 2 atom stereocenters. The van der Waals surface area contributed by atoms with Gasteiger partial charge in [0.1, 0.15) is 0 Å². The Morgan fingerprint density at radius 1 is 1.44 bits per heavy atom. The van der Waals surface area contributed by atoms with Crippen molar-refractivity contribution >= 4 is 5.91 Å². The molecule has 0 spiro atoms. The zero-order valence-electron chi connectivity index (χ0n) is 11.7. The third-order valence-corrected chi connectivity index (χ3v) is 2.41. The van der Waals surface area contributed by atoms with Crippen molar-refractivity contribution in [2.24, 2.45) is 5.73 Å². The zero-order chi connectivity index (χ0) is 14.2. The summed E-state index contributed by atoms with van der Waals surface area (Å²) in [5, 5.41) is 12.8. The standard InChI is InChI=1S/C12H26N2O4/c1-9(7-17-4)18-8-10(15)6-14-12(2,3)5-11(13)16/h9-10,14-15H,5-8H2,1-4H3,(H2,13,16). The van der Waals surface area contributed by atoms with E-state index in [0.717, 1.165) is 0 Å². The first-order chi connectivity index (χ1) is 8.26. The minimum absolute atomic E-state index is 0.0525. The molecule has 0 aromatic rings. The predicted molar refractivity (Wildman–Crippen MR) is 69.2 cm³/mol. The second-order valence-corrected chi connectivity index (χ2v) is 5.16. The number of hydrogen-bond donors (Lipinski definition) is 3. The predicted octanol–water partition coefficient (Wildman–Crippen LogP) is -0.358. The average molecular weight is 262 g/mol. The van der Waals surface area contributed by atoms with Crippen molar-refractivity contribution in [1.29, 1.82) is 0 Å². The monoisotopic (exact) mass is 262 g/mol. The van der Waals surface area contributed by atoms with Gasteiger partial charge in [0.05, 0.1) is 25.4 Å². The molecule has 0 aliphatic carbocycles. The van der Waals surface area contributed by atoms with Crippen molar-refractivity contribution in [2.45, 2.75) is 44.9 Å². The van der Waals surface area contributed by atoms with E-state index in [-0.39, 0.29) is 25.0 Å². The van der Waals surface area contributed by atoms with Crippen LogP contribution < -0.4 is 11.1 Å². The van der Waals surface area contributed by atoms with Gasteiger partial charge in [-0.05, 0) is 20.8 Å². The fraction of sp³-hybridized carbons (Fsp3) is 0.917. The summed E-state index contributed by atoms with van der Waals surface area (Å²) < 4.78 is 10.3. The van der Waals surface area contributed by atoms with Gasteiger partial charge < -0.3 is 25.6 Å². The van der Waals surface area contributed by atoms with Gasteiger partial charge in [0.2, 0.25) is 5.91 Å². The number of nitrogens with two attached hydrogens (primary N) is 1. The molecule has 0 fully saturated rings. The lowest BCUT2D eigenvalue weighted by Gasteiger charge is -2.26. The molecule has 0 saturated carbocycles. The molecule has 18 heavy (non-hydrogen) atoms. The van der Waals surface area contributed by atoms with Crippen LogP contribution in [-0.2, 0) is 14.3 Å². The van der Waals surface area contributed by atoms with Gasteiger partial charge in [0.25, 0.3) is 0 Å². The van der Waals surface area contributed by atoms with E-state index in [1.54, 1.807) is 7.11 Å². The highest BCUT2D eigenvalue weighted by molar-refractivity contribution is 5.74. The molecule has 0 radical (unpaired) electrons. The highest BCUT2D eigenvalue weighted by Gasteiger charge is 2.21. The van der Waals surface area contributed by atoms with E-state index in [2.05, 4.69) is 5.32 Å². The second kappa shape index (κ2) is 8.42. The minimum atomic E-state index is -0.628. The maximum absolute atomic E-state index is 10.8. The van der Waals surface area contributed by atoms with Crippen LogP contribution in [0.1, 0.15) is 27.2 Å². The smallest absolute Gasteiger partial charge is 0.219 e. The molecule has 6 nitrogen and oxygen atoms in total. The Balaban J connectivity index is 3.81. The number of nitrogens with one attached hydrogen (secondary N) is 1. The number of aliphatic hydroxyl groups excluding tert-OH is 1. The maximum atomic E-state index is 10.8. The van der Waals surface area contributed by atoms with Crippen LogP contribution in [0, 0.1) is 0 Å². The summed E-state index contributed by atoms with van der Waals surface area (Å²) in [5.41, 5.74) is 4.71. The van der Waals surface area contributed by atoms with Crippen LogP contribution in [0.15, 0.2) is 0 Å². The van der Waals surface area contributed by atoms with E-state index >= 15 is 0 Å². The molecule has 0 aromatic heterocycles. The summed E-state index contributed by atoms with van der Waals surface area (Å²) in [6.45, 7) is 6.66.